The van der Waals surface area contributed by atoms with Gasteiger partial charge in [0.1, 0.15) is 36.4 Å². The van der Waals surface area contributed by atoms with Crippen molar-refractivity contribution in [1.29, 1.82) is 0 Å². The molecule has 0 unspecified atom stereocenters. The fourth-order valence-corrected chi connectivity index (χ4v) is 5.81. The number of anilines is 2. The standard InChI is InChI=1S/C21H23FN4O3.C20H22FN5O2.ClH/c1-4-29-20(27)13-25-12-18(15-9-10-23-19(11-15)24-14(2)3)26(21(25)28)17-7-5-16(22)6-8-17;1-13(2)24-18-10-14(8-9-23-18)17-11-25(12-19(27)22-3)20(28)26(17)16-6-4-15(21)5-7-16;/h5-12,14H,4,13H2,1-3H3,(H,23,24);4-11,13H,12H2,1-3H3,(H,22,27)(H,23,24);1H. The molecule has 0 aliphatic rings. The van der Waals surface area contributed by atoms with Crippen LogP contribution in [0.3, 0.4) is 0 Å². The van der Waals surface area contributed by atoms with Crippen molar-refractivity contribution >= 4 is 35.9 Å². The van der Waals surface area contributed by atoms with Gasteiger partial charge in [0.15, 0.2) is 0 Å². The van der Waals surface area contributed by atoms with Crippen LogP contribution in [0, 0.1) is 11.6 Å². The van der Waals surface area contributed by atoms with Gasteiger partial charge in [-0.15, -0.1) is 12.4 Å². The van der Waals surface area contributed by atoms with Crippen LogP contribution < -0.4 is 27.3 Å². The first kappa shape index (κ1) is 44.2. The van der Waals surface area contributed by atoms with E-state index in [-0.39, 0.29) is 55.8 Å². The predicted octanol–water partition coefficient (Wildman–Crippen LogP) is 6.05. The van der Waals surface area contributed by atoms with E-state index in [9.17, 15) is 28.0 Å². The van der Waals surface area contributed by atoms with Crippen molar-refractivity contribution in [2.45, 2.75) is 59.8 Å². The lowest BCUT2D eigenvalue weighted by Crippen LogP contribution is -2.30. The molecule has 6 aromatic rings. The van der Waals surface area contributed by atoms with Gasteiger partial charge < -0.3 is 20.7 Å². The molecule has 0 aliphatic carbocycles. The molecule has 0 spiro atoms. The summed E-state index contributed by atoms with van der Waals surface area (Å²) in [6.07, 6.45) is 6.50. The molecule has 4 heterocycles. The number of hydrogen-bond acceptors (Lipinski definition) is 9. The Morgan fingerprint density at radius 1 is 0.690 bits per heavy atom. The molecule has 0 saturated carbocycles. The van der Waals surface area contributed by atoms with Gasteiger partial charge in [0.05, 0.1) is 29.4 Å². The van der Waals surface area contributed by atoms with Gasteiger partial charge >= 0.3 is 17.3 Å². The molecule has 4 aromatic heterocycles. The SMILES string of the molecule is CCOC(=O)Cn1cc(-c2ccnc(NC(C)C)c2)n(-c2ccc(F)cc2)c1=O.CNC(=O)Cn1cc(-c2ccnc(NC(C)C)c2)n(-c2ccc(F)cc2)c1=O.Cl. The second kappa shape index (κ2) is 20.0. The van der Waals surface area contributed by atoms with Crippen LogP contribution in [0.15, 0.2) is 107 Å². The second-order valence-electron chi connectivity index (χ2n) is 13.4. The summed E-state index contributed by atoms with van der Waals surface area (Å²) in [6, 6.07) is 18.8. The number of ether oxygens (including phenoxy) is 1. The molecule has 0 bridgehead atoms. The van der Waals surface area contributed by atoms with Crippen LogP contribution in [0.4, 0.5) is 20.4 Å². The zero-order valence-corrected chi connectivity index (χ0v) is 33.7. The number of imidazole rings is 2. The normalized spacial score (nSPS) is 10.7. The van der Waals surface area contributed by atoms with Crippen molar-refractivity contribution in [2.24, 2.45) is 0 Å². The highest BCUT2D eigenvalue weighted by Crippen LogP contribution is 2.26. The number of aromatic nitrogens is 6. The molecule has 58 heavy (non-hydrogen) atoms. The minimum absolute atomic E-state index is 0. The van der Waals surface area contributed by atoms with E-state index < -0.39 is 23.3 Å². The van der Waals surface area contributed by atoms with Gasteiger partial charge in [0.25, 0.3) is 0 Å². The van der Waals surface area contributed by atoms with E-state index in [0.717, 1.165) is 11.1 Å². The second-order valence-corrected chi connectivity index (χ2v) is 13.4. The predicted molar refractivity (Wildman–Crippen MR) is 222 cm³/mol. The van der Waals surface area contributed by atoms with E-state index >= 15 is 0 Å². The van der Waals surface area contributed by atoms with Crippen molar-refractivity contribution in [3.63, 3.8) is 0 Å². The summed E-state index contributed by atoms with van der Waals surface area (Å²) in [5.74, 6) is -0.258. The van der Waals surface area contributed by atoms with Crippen LogP contribution in [0.25, 0.3) is 33.9 Å². The molecule has 3 N–H and O–H groups in total. The minimum Gasteiger partial charge on any atom is -0.465 e. The quantitative estimate of drug-likeness (QED) is 0.118. The van der Waals surface area contributed by atoms with Crippen LogP contribution >= 0.6 is 12.4 Å². The van der Waals surface area contributed by atoms with Gasteiger partial charge in [-0.2, -0.15) is 0 Å². The maximum Gasteiger partial charge on any atom is 0.333 e. The third-order valence-corrected chi connectivity index (χ3v) is 8.26. The number of nitrogens with one attached hydrogen (secondary N) is 3. The van der Waals surface area contributed by atoms with Crippen LogP contribution in [0.2, 0.25) is 0 Å². The average Bonchev–Trinajstić information content (AvgIpc) is 3.67. The fraction of sp³-hybridized carbons (Fsp3) is 0.268. The average molecular weight is 818 g/mol. The number of likely N-dealkylation sites (N-methyl/N-ethyl adjacent to an activating group) is 1. The molecule has 0 saturated heterocycles. The van der Waals surface area contributed by atoms with Crippen molar-refractivity contribution in [2.75, 3.05) is 24.3 Å². The molecule has 0 fully saturated rings. The molecule has 0 aliphatic heterocycles. The number of halogens is 3. The number of pyridine rings is 2. The summed E-state index contributed by atoms with van der Waals surface area (Å²) in [4.78, 5) is 58.3. The zero-order chi connectivity index (χ0) is 41.2. The van der Waals surface area contributed by atoms with Gasteiger partial charge in [0.2, 0.25) is 5.91 Å². The van der Waals surface area contributed by atoms with E-state index in [1.807, 2.05) is 39.8 Å². The molecule has 2 aromatic carbocycles. The topological polar surface area (TPSA) is 159 Å². The van der Waals surface area contributed by atoms with Gasteiger partial charge in [-0.25, -0.2) is 28.3 Å². The van der Waals surface area contributed by atoms with Crippen LogP contribution in [-0.2, 0) is 27.4 Å². The van der Waals surface area contributed by atoms with Crippen molar-refractivity contribution in [3.05, 3.63) is 130 Å². The molecule has 6 rings (SSSR count). The third kappa shape index (κ3) is 11.1. The Labute approximate surface area is 339 Å². The summed E-state index contributed by atoms with van der Waals surface area (Å²) in [5.41, 5.74) is 2.80. The van der Waals surface area contributed by atoms with Crippen molar-refractivity contribution < 1.29 is 23.1 Å². The van der Waals surface area contributed by atoms with E-state index in [0.29, 0.717) is 34.4 Å². The molecule has 17 heteroatoms. The smallest absolute Gasteiger partial charge is 0.333 e. The molecule has 1 amide bonds. The summed E-state index contributed by atoms with van der Waals surface area (Å²) in [5, 5.41) is 8.96. The lowest BCUT2D eigenvalue weighted by atomic mass is 10.2. The largest absolute Gasteiger partial charge is 0.465 e. The monoisotopic (exact) mass is 817 g/mol. The number of carbonyl (C=O) groups is 2. The van der Waals surface area contributed by atoms with Gasteiger partial charge in [-0.3, -0.25) is 27.9 Å². The van der Waals surface area contributed by atoms with E-state index in [1.165, 1.54) is 73.8 Å². The number of hydrogen-bond donors (Lipinski definition) is 3. The number of esters is 1. The van der Waals surface area contributed by atoms with Crippen LogP contribution in [-0.4, -0.2) is 65.9 Å². The van der Waals surface area contributed by atoms with Crippen LogP contribution in [0.5, 0.6) is 0 Å². The van der Waals surface area contributed by atoms with Gasteiger partial charge in [0, 0.05) is 55.0 Å². The summed E-state index contributed by atoms with van der Waals surface area (Å²) in [6.45, 7) is 9.61. The van der Waals surface area contributed by atoms with Gasteiger partial charge in [-0.05, 0) is 107 Å². The minimum atomic E-state index is -0.505. The number of nitrogens with zero attached hydrogens (tertiary/aromatic N) is 6. The number of rotatable bonds is 13. The first-order chi connectivity index (χ1) is 27.3. The molecular weight excluding hydrogens is 772 g/mol. The Balaban J connectivity index is 0.000000252. The lowest BCUT2D eigenvalue weighted by molar-refractivity contribution is -0.143. The van der Waals surface area contributed by atoms with Crippen LogP contribution in [0.1, 0.15) is 34.6 Å². The van der Waals surface area contributed by atoms with Crippen molar-refractivity contribution in [1.82, 2.24) is 33.6 Å². The maximum atomic E-state index is 13.4. The Morgan fingerprint density at radius 2 is 1.10 bits per heavy atom. The first-order valence-corrected chi connectivity index (χ1v) is 18.3. The Morgan fingerprint density at radius 3 is 1.48 bits per heavy atom. The Bertz CT molecular complexity index is 2440. The lowest BCUT2D eigenvalue weighted by Gasteiger charge is -2.11. The first-order valence-electron chi connectivity index (χ1n) is 18.3. The number of benzene rings is 2. The summed E-state index contributed by atoms with van der Waals surface area (Å²) < 4.78 is 37.2. The van der Waals surface area contributed by atoms with E-state index in [2.05, 4.69) is 25.9 Å². The molecule has 14 nitrogen and oxygen atoms in total. The maximum absolute atomic E-state index is 13.4. The number of amides is 1. The van der Waals surface area contributed by atoms with Crippen molar-refractivity contribution in [3.8, 4) is 33.9 Å². The molecule has 306 valence electrons. The van der Waals surface area contributed by atoms with E-state index in [1.54, 1.807) is 43.8 Å². The highest BCUT2D eigenvalue weighted by atomic mass is 35.5. The summed E-state index contributed by atoms with van der Waals surface area (Å²) >= 11 is 0. The Hall–Kier alpha value is -6.55. The molecule has 0 radical (unpaired) electrons. The zero-order valence-electron chi connectivity index (χ0n) is 32.9. The summed E-state index contributed by atoms with van der Waals surface area (Å²) in [7, 11) is 1.51. The number of carbonyl (C=O) groups excluding carboxylic acids is 2. The highest BCUT2D eigenvalue weighted by Gasteiger charge is 2.19. The highest BCUT2D eigenvalue weighted by molar-refractivity contribution is 5.85. The fourth-order valence-electron chi connectivity index (χ4n) is 5.81. The molecule has 0 atom stereocenters. The van der Waals surface area contributed by atoms with E-state index in [4.69, 9.17) is 4.74 Å². The molecular formula is C41H46ClF2N9O5. The Kier molecular flexibility index (Phi) is 15.3. The third-order valence-electron chi connectivity index (χ3n) is 8.26. The van der Waals surface area contributed by atoms with Gasteiger partial charge in [-0.1, -0.05) is 0 Å².